The fraction of sp³-hybridized carbons (Fsp3) is 0.683. The van der Waals surface area contributed by atoms with Crippen molar-refractivity contribution in [3.8, 4) is 17.2 Å². The lowest BCUT2D eigenvalue weighted by atomic mass is 9.79. The summed E-state index contributed by atoms with van der Waals surface area (Å²) in [5.74, 6) is 0.887. The van der Waals surface area contributed by atoms with Gasteiger partial charge in [0, 0.05) is 11.1 Å². The molecule has 4 nitrogen and oxygen atoms in total. The third-order valence-corrected chi connectivity index (χ3v) is 8.57. The summed E-state index contributed by atoms with van der Waals surface area (Å²) in [5.41, 5.74) is 1.15. The minimum atomic E-state index is -0.244. The number of phenolic OH excluding ortho intramolecular Hbond substituents is 2. The van der Waals surface area contributed by atoms with Gasteiger partial charge in [0.05, 0.1) is 5.92 Å². The summed E-state index contributed by atoms with van der Waals surface area (Å²) in [4.78, 5) is 12.8. The molecule has 256 valence electrons. The average molecular weight is 625 g/mol. The summed E-state index contributed by atoms with van der Waals surface area (Å²) >= 11 is 0. The van der Waals surface area contributed by atoms with E-state index < -0.39 is 0 Å². The number of aromatic hydroxyl groups is 2. The van der Waals surface area contributed by atoms with E-state index in [1.807, 2.05) is 25.1 Å². The third-order valence-electron chi connectivity index (χ3n) is 8.57. The second kappa shape index (κ2) is 22.1. The molecule has 0 heterocycles. The molecule has 1 atom stereocenters. The van der Waals surface area contributed by atoms with Gasteiger partial charge in [-0.15, -0.1) is 0 Å². The molecule has 2 aromatic carbocycles. The second-order valence-electron chi connectivity index (χ2n) is 15.1. The summed E-state index contributed by atoms with van der Waals surface area (Å²) in [7, 11) is 0. The maximum atomic E-state index is 12.8. The Kier molecular flexibility index (Phi) is 19.9. The van der Waals surface area contributed by atoms with E-state index in [4.69, 9.17) is 9.84 Å². The lowest BCUT2D eigenvalue weighted by molar-refractivity contribution is -0.138. The molecule has 0 aromatic heterocycles. The number of esters is 1. The monoisotopic (exact) mass is 625 g/mol. The number of ether oxygens (including phenoxy) is 1. The molecule has 0 fully saturated rings. The van der Waals surface area contributed by atoms with Crippen molar-refractivity contribution in [2.75, 3.05) is 0 Å². The lowest BCUT2D eigenvalue weighted by Crippen LogP contribution is -2.20. The van der Waals surface area contributed by atoms with E-state index in [9.17, 15) is 9.90 Å². The van der Waals surface area contributed by atoms with Crippen LogP contribution in [-0.4, -0.2) is 16.2 Å². The standard InChI is InChI=1S/C35H62O3.C6H6O/c1-9-10-11-12-13-14-15-16-17-18-19-20-21-22-23-24-25-28(2)33(37)38-29-26-30(34(3,4)5)32(36)31(27-29)35(6,7)8;7-6-4-2-1-3-5-6/h26-28,36H,9-25H2,1-8H3;1-5,7H. The molecule has 0 amide bonds. The Morgan fingerprint density at radius 2 is 1.02 bits per heavy atom. The molecule has 2 N–H and O–H groups in total. The highest BCUT2D eigenvalue weighted by molar-refractivity contribution is 5.75. The number of para-hydroxylation sites is 1. The van der Waals surface area contributed by atoms with Crippen LogP contribution in [0.1, 0.15) is 176 Å². The molecule has 0 radical (unpaired) electrons. The van der Waals surface area contributed by atoms with Crippen LogP contribution in [0.5, 0.6) is 17.2 Å². The van der Waals surface area contributed by atoms with Crippen molar-refractivity contribution in [1.82, 2.24) is 0 Å². The van der Waals surface area contributed by atoms with Crippen molar-refractivity contribution < 1.29 is 19.7 Å². The highest BCUT2D eigenvalue weighted by atomic mass is 16.5. The van der Waals surface area contributed by atoms with Crippen LogP contribution in [0.25, 0.3) is 0 Å². The van der Waals surface area contributed by atoms with Crippen LogP contribution < -0.4 is 4.74 Å². The zero-order valence-electron chi connectivity index (χ0n) is 30.4. The minimum absolute atomic E-state index is 0.119. The van der Waals surface area contributed by atoms with E-state index in [2.05, 4.69) is 48.5 Å². The molecule has 2 aromatic rings. The molecular formula is C41H68O4. The Morgan fingerprint density at radius 1 is 0.644 bits per heavy atom. The van der Waals surface area contributed by atoms with E-state index in [1.54, 1.807) is 24.3 Å². The third kappa shape index (κ3) is 18.3. The Labute approximate surface area is 277 Å². The highest BCUT2D eigenvalue weighted by Gasteiger charge is 2.28. The molecule has 0 aliphatic heterocycles. The van der Waals surface area contributed by atoms with Crippen LogP contribution in [0.2, 0.25) is 0 Å². The molecule has 0 saturated heterocycles. The number of carbonyl (C=O) groups excluding carboxylic acids is 1. The van der Waals surface area contributed by atoms with E-state index >= 15 is 0 Å². The Balaban J connectivity index is 0.00000126. The van der Waals surface area contributed by atoms with Crippen LogP contribution in [0.15, 0.2) is 42.5 Å². The fourth-order valence-corrected chi connectivity index (χ4v) is 5.57. The van der Waals surface area contributed by atoms with Crippen LogP contribution in [0.3, 0.4) is 0 Å². The quantitative estimate of drug-likeness (QED) is 0.0927. The van der Waals surface area contributed by atoms with Crippen LogP contribution >= 0.6 is 0 Å². The summed E-state index contributed by atoms with van der Waals surface area (Å²) in [5, 5.41) is 19.5. The number of benzene rings is 2. The first-order valence-electron chi connectivity index (χ1n) is 18.1. The number of hydrogen-bond donors (Lipinski definition) is 2. The van der Waals surface area contributed by atoms with Gasteiger partial charge in [0.15, 0.2) is 0 Å². The average Bonchev–Trinajstić information content (AvgIpc) is 2.97. The predicted molar refractivity (Wildman–Crippen MR) is 193 cm³/mol. The Hall–Kier alpha value is -2.49. The molecule has 0 aliphatic rings. The first-order chi connectivity index (χ1) is 21.3. The van der Waals surface area contributed by atoms with Crippen LogP contribution in [-0.2, 0) is 15.6 Å². The highest BCUT2D eigenvalue weighted by Crippen LogP contribution is 2.41. The van der Waals surface area contributed by atoms with Crippen molar-refractivity contribution in [3.05, 3.63) is 53.6 Å². The first kappa shape index (κ1) is 40.5. The summed E-state index contributed by atoms with van der Waals surface area (Å²) in [6.45, 7) is 16.7. The van der Waals surface area contributed by atoms with Gasteiger partial charge in [-0.2, -0.15) is 0 Å². The van der Waals surface area contributed by atoms with E-state index in [0.29, 0.717) is 17.2 Å². The van der Waals surface area contributed by atoms with E-state index in [0.717, 1.165) is 24.0 Å². The van der Waals surface area contributed by atoms with Crippen molar-refractivity contribution in [1.29, 1.82) is 0 Å². The van der Waals surface area contributed by atoms with Gasteiger partial charge in [-0.25, -0.2) is 0 Å². The van der Waals surface area contributed by atoms with Gasteiger partial charge < -0.3 is 14.9 Å². The lowest BCUT2D eigenvalue weighted by Gasteiger charge is -2.28. The summed E-state index contributed by atoms with van der Waals surface area (Å²) in [6.07, 6.45) is 22.6. The number of carbonyl (C=O) groups is 1. The topological polar surface area (TPSA) is 66.8 Å². The van der Waals surface area contributed by atoms with Gasteiger partial charge in [0.1, 0.15) is 17.2 Å². The van der Waals surface area contributed by atoms with Gasteiger partial charge in [0.25, 0.3) is 0 Å². The molecule has 1 unspecified atom stereocenters. The smallest absolute Gasteiger partial charge is 0.314 e. The van der Waals surface area contributed by atoms with Gasteiger partial charge in [0.2, 0.25) is 0 Å². The largest absolute Gasteiger partial charge is 0.508 e. The molecule has 0 spiro atoms. The summed E-state index contributed by atoms with van der Waals surface area (Å²) in [6, 6.07) is 12.4. The van der Waals surface area contributed by atoms with Crippen molar-refractivity contribution in [3.63, 3.8) is 0 Å². The number of hydrogen-bond acceptors (Lipinski definition) is 4. The maximum Gasteiger partial charge on any atom is 0.314 e. The first-order valence-corrected chi connectivity index (χ1v) is 18.1. The van der Waals surface area contributed by atoms with Crippen molar-refractivity contribution in [2.45, 2.75) is 175 Å². The van der Waals surface area contributed by atoms with Gasteiger partial charge in [-0.3, -0.25) is 4.79 Å². The van der Waals surface area contributed by atoms with Gasteiger partial charge in [-0.05, 0) is 41.5 Å². The minimum Gasteiger partial charge on any atom is -0.508 e. The molecule has 0 aliphatic carbocycles. The molecule has 0 bridgehead atoms. The molecule has 4 heteroatoms. The Bertz CT molecular complexity index is 1010. The van der Waals surface area contributed by atoms with Gasteiger partial charge in [-0.1, -0.05) is 176 Å². The number of phenols is 2. The number of unbranched alkanes of at least 4 members (excludes halogenated alkanes) is 15. The molecule has 0 saturated carbocycles. The van der Waals surface area contributed by atoms with Crippen LogP contribution in [0.4, 0.5) is 0 Å². The predicted octanol–water partition coefficient (Wildman–Crippen LogP) is 12.6. The second-order valence-corrected chi connectivity index (χ2v) is 15.1. The van der Waals surface area contributed by atoms with Gasteiger partial charge >= 0.3 is 5.97 Å². The zero-order valence-corrected chi connectivity index (χ0v) is 30.4. The Morgan fingerprint density at radius 3 is 1.36 bits per heavy atom. The maximum absolute atomic E-state index is 12.8. The van der Waals surface area contributed by atoms with Crippen molar-refractivity contribution in [2.24, 2.45) is 5.92 Å². The number of rotatable bonds is 19. The van der Waals surface area contributed by atoms with Crippen molar-refractivity contribution >= 4 is 5.97 Å². The van der Waals surface area contributed by atoms with E-state index in [-0.39, 0.29) is 22.7 Å². The molecular weight excluding hydrogens is 556 g/mol. The zero-order chi connectivity index (χ0) is 33.7. The SMILES string of the molecule is CCCCCCCCCCCCCCCCCCC(C)C(=O)Oc1cc(C(C)(C)C)c(O)c(C(C)(C)C)c1.Oc1ccccc1. The summed E-state index contributed by atoms with van der Waals surface area (Å²) < 4.78 is 5.83. The van der Waals surface area contributed by atoms with E-state index in [1.165, 1.54) is 96.3 Å². The normalized spacial score (nSPS) is 12.4. The molecule has 2 rings (SSSR count). The molecule has 45 heavy (non-hydrogen) atoms. The fourth-order valence-electron chi connectivity index (χ4n) is 5.57. The van der Waals surface area contributed by atoms with Crippen LogP contribution in [0, 0.1) is 5.92 Å².